The van der Waals surface area contributed by atoms with E-state index in [1.807, 2.05) is 32.9 Å². The number of benzene rings is 1. The molecule has 1 aromatic carbocycles. The Kier molecular flexibility index (Phi) is 4.79. The van der Waals surface area contributed by atoms with Crippen LogP contribution in [0.5, 0.6) is 0 Å². The lowest BCUT2D eigenvalue weighted by Crippen LogP contribution is -2.26. The summed E-state index contributed by atoms with van der Waals surface area (Å²) in [6.45, 7) is 11.2. The molecule has 0 fully saturated rings. The van der Waals surface area contributed by atoms with Crippen LogP contribution in [-0.4, -0.2) is 17.3 Å². The van der Waals surface area contributed by atoms with E-state index in [9.17, 15) is 14.4 Å². The molecule has 1 aliphatic rings. The zero-order valence-corrected chi connectivity index (χ0v) is 14.2. The van der Waals surface area contributed by atoms with E-state index in [4.69, 9.17) is 0 Å². The van der Waals surface area contributed by atoms with Crippen LogP contribution >= 0.6 is 0 Å². The molecule has 0 unspecified atom stereocenters. The number of rotatable bonds is 5. The van der Waals surface area contributed by atoms with Crippen LogP contribution in [0.25, 0.3) is 6.08 Å². The SMILES string of the molecule is C=C(C)CCC(=O)c1c(C)ccc2c1C(=O)C(=O)C(C(C)C)=C2. The zero-order chi connectivity index (χ0) is 17.3. The summed E-state index contributed by atoms with van der Waals surface area (Å²) in [5.74, 6) is -1.19. The van der Waals surface area contributed by atoms with Gasteiger partial charge in [-0.3, -0.25) is 14.4 Å². The van der Waals surface area contributed by atoms with Gasteiger partial charge in [-0.25, -0.2) is 0 Å². The third-order valence-electron chi connectivity index (χ3n) is 4.13. The van der Waals surface area contributed by atoms with Crippen molar-refractivity contribution in [1.82, 2.24) is 0 Å². The molecule has 1 aromatic rings. The summed E-state index contributed by atoms with van der Waals surface area (Å²) < 4.78 is 0. The Morgan fingerprint density at radius 3 is 2.35 bits per heavy atom. The maximum Gasteiger partial charge on any atom is 0.234 e. The van der Waals surface area contributed by atoms with Crippen LogP contribution in [0, 0.1) is 12.8 Å². The van der Waals surface area contributed by atoms with E-state index in [-0.39, 0.29) is 17.3 Å². The number of carbonyl (C=O) groups excluding carboxylic acids is 3. The largest absolute Gasteiger partial charge is 0.294 e. The third kappa shape index (κ3) is 3.24. The molecule has 1 aliphatic carbocycles. The normalized spacial score (nSPS) is 13.9. The van der Waals surface area contributed by atoms with Crippen molar-refractivity contribution in [3.63, 3.8) is 0 Å². The number of carbonyl (C=O) groups is 3. The van der Waals surface area contributed by atoms with Gasteiger partial charge in [-0.05, 0) is 43.4 Å². The molecule has 0 saturated heterocycles. The predicted octanol–water partition coefficient (Wildman–Crippen LogP) is 4.34. The van der Waals surface area contributed by atoms with E-state index in [2.05, 4.69) is 6.58 Å². The molecule has 120 valence electrons. The van der Waals surface area contributed by atoms with Crippen molar-refractivity contribution in [2.45, 2.75) is 40.5 Å². The monoisotopic (exact) mass is 310 g/mol. The van der Waals surface area contributed by atoms with Gasteiger partial charge in [-0.15, -0.1) is 6.58 Å². The molecule has 0 saturated carbocycles. The van der Waals surface area contributed by atoms with Crippen molar-refractivity contribution in [3.8, 4) is 0 Å². The van der Waals surface area contributed by atoms with Gasteiger partial charge in [0, 0.05) is 23.1 Å². The number of hydrogen-bond acceptors (Lipinski definition) is 3. The highest BCUT2D eigenvalue weighted by Crippen LogP contribution is 2.31. The van der Waals surface area contributed by atoms with Gasteiger partial charge in [-0.1, -0.05) is 31.6 Å². The summed E-state index contributed by atoms with van der Waals surface area (Å²) in [6, 6.07) is 3.65. The second kappa shape index (κ2) is 6.45. The molecule has 0 radical (unpaired) electrons. The first-order valence-corrected chi connectivity index (χ1v) is 7.85. The van der Waals surface area contributed by atoms with E-state index in [0.29, 0.717) is 29.5 Å². The highest BCUT2D eigenvalue weighted by molar-refractivity contribution is 6.52. The minimum Gasteiger partial charge on any atom is -0.294 e. The molecule has 0 bridgehead atoms. The summed E-state index contributed by atoms with van der Waals surface area (Å²) in [4.78, 5) is 37.5. The first-order valence-electron chi connectivity index (χ1n) is 7.85. The Labute approximate surface area is 137 Å². The summed E-state index contributed by atoms with van der Waals surface area (Å²) >= 11 is 0. The van der Waals surface area contributed by atoms with Crippen LogP contribution in [-0.2, 0) is 4.79 Å². The second-order valence-electron chi connectivity index (χ2n) is 6.51. The number of hydrogen-bond donors (Lipinski definition) is 0. The molecule has 23 heavy (non-hydrogen) atoms. The molecule has 3 nitrogen and oxygen atoms in total. The fourth-order valence-corrected chi connectivity index (χ4v) is 2.81. The Balaban J connectivity index is 2.58. The van der Waals surface area contributed by atoms with Gasteiger partial charge in [0.05, 0.1) is 0 Å². The van der Waals surface area contributed by atoms with Crippen LogP contribution in [0.2, 0.25) is 0 Å². The fraction of sp³-hybridized carbons (Fsp3) is 0.350. The topological polar surface area (TPSA) is 51.2 Å². The van der Waals surface area contributed by atoms with Crippen LogP contribution in [0.3, 0.4) is 0 Å². The van der Waals surface area contributed by atoms with Gasteiger partial charge in [0.2, 0.25) is 11.6 Å². The molecular weight excluding hydrogens is 288 g/mol. The summed E-state index contributed by atoms with van der Waals surface area (Å²) in [5.41, 5.74) is 3.49. The van der Waals surface area contributed by atoms with Crippen molar-refractivity contribution in [2.75, 3.05) is 0 Å². The van der Waals surface area contributed by atoms with Crippen LogP contribution in [0.4, 0.5) is 0 Å². The lowest BCUT2D eigenvalue weighted by Gasteiger charge is -2.20. The smallest absolute Gasteiger partial charge is 0.234 e. The molecule has 2 rings (SSSR count). The Morgan fingerprint density at radius 1 is 1.13 bits per heavy atom. The standard InChI is InChI=1S/C20H22O3/c1-11(2)6-9-16(21)17-13(5)7-8-14-10-15(12(3)4)19(22)20(23)18(14)17/h7-8,10,12H,1,6,9H2,2-5H3. The van der Waals surface area contributed by atoms with E-state index in [0.717, 1.165) is 11.1 Å². The number of aryl methyl sites for hydroxylation is 1. The quantitative estimate of drug-likeness (QED) is 0.462. The lowest BCUT2D eigenvalue weighted by atomic mass is 9.80. The zero-order valence-electron chi connectivity index (χ0n) is 14.2. The Hall–Kier alpha value is -2.29. The molecule has 0 heterocycles. The average Bonchev–Trinajstić information content (AvgIpc) is 2.48. The Morgan fingerprint density at radius 2 is 1.78 bits per heavy atom. The van der Waals surface area contributed by atoms with Crippen molar-refractivity contribution < 1.29 is 14.4 Å². The summed E-state index contributed by atoms with van der Waals surface area (Å²) in [6.07, 6.45) is 2.63. The highest BCUT2D eigenvalue weighted by atomic mass is 16.2. The predicted molar refractivity (Wildman–Crippen MR) is 91.7 cm³/mol. The molecule has 0 aliphatic heterocycles. The van der Waals surface area contributed by atoms with Gasteiger partial charge in [0.15, 0.2) is 5.78 Å². The number of Topliss-reactive ketones (excluding diaryl/α,β-unsaturated/α-hetero) is 3. The maximum atomic E-state index is 12.6. The summed E-state index contributed by atoms with van der Waals surface area (Å²) in [7, 11) is 0. The number of ketones is 3. The number of fused-ring (bicyclic) bond motifs is 1. The Bertz CT molecular complexity index is 748. The second-order valence-corrected chi connectivity index (χ2v) is 6.51. The van der Waals surface area contributed by atoms with Crippen molar-refractivity contribution >= 4 is 23.4 Å². The van der Waals surface area contributed by atoms with E-state index in [1.165, 1.54) is 0 Å². The van der Waals surface area contributed by atoms with E-state index >= 15 is 0 Å². The molecule has 3 heteroatoms. The minimum absolute atomic E-state index is 0.0246. The molecule has 0 amide bonds. The van der Waals surface area contributed by atoms with Crippen LogP contribution in [0.1, 0.15) is 65.5 Å². The van der Waals surface area contributed by atoms with Crippen molar-refractivity contribution in [2.24, 2.45) is 5.92 Å². The van der Waals surface area contributed by atoms with Crippen LogP contribution in [0.15, 0.2) is 29.9 Å². The van der Waals surface area contributed by atoms with Crippen molar-refractivity contribution in [3.05, 3.63) is 52.1 Å². The minimum atomic E-state index is -0.562. The van der Waals surface area contributed by atoms with E-state index < -0.39 is 11.6 Å². The van der Waals surface area contributed by atoms with Crippen molar-refractivity contribution in [1.29, 1.82) is 0 Å². The third-order valence-corrected chi connectivity index (χ3v) is 4.13. The van der Waals surface area contributed by atoms with Gasteiger partial charge < -0.3 is 0 Å². The lowest BCUT2D eigenvalue weighted by molar-refractivity contribution is -0.112. The number of allylic oxidation sites excluding steroid dienone is 2. The van der Waals surface area contributed by atoms with Gasteiger partial charge in [0.25, 0.3) is 0 Å². The highest BCUT2D eigenvalue weighted by Gasteiger charge is 2.33. The van der Waals surface area contributed by atoms with Crippen LogP contribution < -0.4 is 0 Å². The molecule has 0 spiro atoms. The first kappa shape index (κ1) is 17.1. The molecular formula is C20H22O3. The van der Waals surface area contributed by atoms with Gasteiger partial charge in [0.1, 0.15) is 0 Å². The molecule has 0 atom stereocenters. The molecule has 0 aromatic heterocycles. The first-order chi connectivity index (χ1) is 10.7. The van der Waals surface area contributed by atoms with Gasteiger partial charge >= 0.3 is 0 Å². The van der Waals surface area contributed by atoms with Gasteiger partial charge in [-0.2, -0.15) is 0 Å². The fourth-order valence-electron chi connectivity index (χ4n) is 2.81. The average molecular weight is 310 g/mol. The molecule has 0 N–H and O–H groups in total. The summed E-state index contributed by atoms with van der Waals surface area (Å²) in [5, 5.41) is 0. The van der Waals surface area contributed by atoms with E-state index in [1.54, 1.807) is 13.0 Å². The maximum absolute atomic E-state index is 12.6.